The van der Waals surface area contributed by atoms with Gasteiger partial charge in [0, 0.05) is 22.0 Å². The summed E-state index contributed by atoms with van der Waals surface area (Å²) in [6, 6.07) is 14.0. The molecule has 0 unspecified atom stereocenters. The van der Waals surface area contributed by atoms with Crippen LogP contribution in [0.1, 0.15) is 10.6 Å². The molecule has 1 amide bonds. The summed E-state index contributed by atoms with van der Waals surface area (Å²) in [5.41, 5.74) is -2.78. The van der Waals surface area contributed by atoms with E-state index in [4.69, 9.17) is 28.2 Å². The molecular weight excluding hydrogens is 459 g/mol. The minimum Gasteiger partial charge on any atom is -0.459 e. The number of thioether (sulfide) groups is 1. The molecule has 3 rings (SSSR count). The Balaban J connectivity index is 1.56. The van der Waals surface area contributed by atoms with E-state index >= 15 is 0 Å². The summed E-state index contributed by atoms with van der Waals surface area (Å²) in [6.45, 7) is 0. The maximum Gasteiger partial charge on any atom is 0.446 e. The molecule has 1 aromatic heterocycles. The zero-order valence-corrected chi connectivity index (χ0v) is 17.3. The first-order valence-electron chi connectivity index (χ1n) is 8.28. The summed E-state index contributed by atoms with van der Waals surface area (Å²) in [5.74, 6) is -0.178. The molecule has 0 atom stereocenters. The molecular formula is C19H13ClF3N3O2S2. The molecule has 0 saturated heterocycles. The molecule has 1 heterocycles. The fourth-order valence-electron chi connectivity index (χ4n) is 2.32. The molecule has 0 aliphatic heterocycles. The zero-order chi connectivity index (χ0) is 21.7. The standard InChI is InChI=1S/C19H13ClF3N3O2S2/c20-14-10-13(7-8-16(14)30-19(21,22)23)26-18(29)25-12-5-3-11(4-6-12)24-17(27)15-2-1-9-28-15/h1-10H,(H,24,27)(H2,25,26,29). The highest BCUT2D eigenvalue weighted by atomic mass is 35.5. The average Bonchev–Trinajstić information content (AvgIpc) is 3.19. The summed E-state index contributed by atoms with van der Waals surface area (Å²) in [4.78, 5) is 11.8. The number of thiocarbonyl (C=S) groups is 1. The van der Waals surface area contributed by atoms with E-state index in [1.807, 2.05) is 0 Å². The Kier molecular flexibility index (Phi) is 6.91. The van der Waals surface area contributed by atoms with Crippen LogP contribution in [0.4, 0.5) is 30.2 Å². The molecule has 0 bridgehead atoms. The number of alkyl halides is 3. The van der Waals surface area contributed by atoms with E-state index in [0.717, 1.165) is 0 Å². The van der Waals surface area contributed by atoms with Gasteiger partial charge in [0.25, 0.3) is 5.91 Å². The van der Waals surface area contributed by atoms with Crippen LogP contribution in [0.5, 0.6) is 0 Å². The number of halogens is 4. The summed E-state index contributed by atoms with van der Waals surface area (Å²) in [5, 5.41) is 8.65. The molecule has 0 fully saturated rings. The lowest BCUT2D eigenvalue weighted by atomic mass is 10.2. The molecule has 2 aromatic carbocycles. The summed E-state index contributed by atoms with van der Waals surface area (Å²) in [7, 11) is 0. The molecule has 30 heavy (non-hydrogen) atoms. The van der Waals surface area contributed by atoms with Gasteiger partial charge in [0.1, 0.15) is 0 Å². The lowest BCUT2D eigenvalue weighted by Gasteiger charge is -2.13. The molecule has 3 N–H and O–H groups in total. The second-order valence-corrected chi connectivity index (χ2v) is 7.70. The molecule has 0 aliphatic carbocycles. The zero-order valence-electron chi connectivity index (χ0n) is 14.9. The number of carbonyl (C=O) groups excluding carboxylic acids is 1. The van der Waals surface area contributed by atoms with Crippen LogP contribution >= 0.6 is 35.6 Å². The van der Waals surface area contributed by atoms with Crippen molar-refractivity contribution in [3.8, 4) is 0 Å². The molecule has 156 valence electrons. The van der Waals surface area contributed by atoms with Gasteiger partial charge < -0.3 is 20.4 Å². The topological polar surface area (TPSA) is 66.3 Å². The van der Waals surface area contributed by atoms with E-state index < -0.39 is 5.51 Å². The Labute approximate surface area is 184 Å². The highest BCUT2D eigenvalue weighted by molar-refractivity contribution is 8.00. The van der Waals surface area contributed by atoms with Gasteiger partial charge in [-0.15, -0.1) is 0 Å². The Morgan fingerprint density at radius 2 is 1.57 bits per heavy atom. The number of nitrogens with one attached hydrogen (secondary N) is 3. The van der Waals surface area contributed by atoms with Crippen molar-refractivity contribution in [2.24, 2.45) is 0 Å². The second-order valence-electron chi connectivity index (χ2n) is 5.78. The lowest BCUT2D eigenvalue weighted by molar-refractivity contribution is -0.0328. The minimum absolute atomic E-state index is 0.0400. The Bertz CT molecular complexity index is 1040. The summed E-state index contributed by atoms with van der Waals surface area (Å²) < 4.78 is 42.4. The number of carbonyl (C=O) groups is 1. The number of hydrogen-bond acceptors (Lipinski definition) is 4. The van der Waals surface area contributed by atoms with Gasteiger partial charge in [-0.3, -0.25) is 4.79 Å². The largest absolute Gasteiger partial charge is 0.459 e. The third-order valence-corrected chi connectivity index (χ3v) is 5.00. The van der Waals surface area contributed by atoms with Crippen LogP contribution in [0.2, 0.25) is 5.02 Å². The van der Waals surface area contributed by atoms with E-state index in [1.165, 1.54) is 24.5 Å². The number of hydrogen-bond donors (Lipinski definition) is 3. The number of benzene rings is 2. The van der Waals surface area contributed by atoms with Gasteiger partial charge in [-0.25, -0.2) is 0 Å². The predicted molar refractivity (Wildman–Crippen MR) is 116 cm³/mol. The van der Waals surface area contributed by atoms with Gasteiger partial charge in [-0.2, -0.15) is 13.2 Å². The fraction of sp³-hybridized carbons (Fsp3) is 0.0526. The molecule has 0 aliphatic rings. The van der Waals surface area contributed by atoms with Crippen molar-refractivity contribution in [1.29, 1.82) is 0 Å². The predicted octanol–water partition coefficient (Wildman–Crippen LogP) is 6.61. The van der Waals surface area contributed by atoms with Gasteiger partial charge >= 0.3 is 5.51 Å². The fourth-order valence-corrected chi connectivity index (χ4v) is 3.39. The Morgan fingerprint density at radius 1 is 0.967 bits per heavy atom. The van der Waals surface area contributed by atoms with Crippen LogP contribution in [0.15, 0.2) is 70.2 Å². The van der Waals surface area contributed by atoms with E-state index in [2.05, 4.69) is 16.0 Å². The van der Waals surface area contributed by atoms with Crippen molar-refractivity contribution < 1.29 is 22.4 Å². The molecule has 0 saturated carbocycles. The molecule has 11 heteroatoms. The molecule has 3 aromatic rings. The van der Waals surface area contributed by atoms with Gasteiger partial charge in [0.05, 0.1) is 11.3 Å². The third kappa shape index (κ3) is 6.41. The van der Waals surface area contributed by atoms with E-state index in [-0.39, 0.29) is 38.5 Å². The quantitative estimate of drug-likeness (QED) is 0.287. The summed E-state index contributed by atoms with van der Waals surface area (Å²) >= 11 is 10.8. The first-order chi connectivity index (χ1) is 14.2. The molecule has 0 radical (unpaired) electrons. The third-order valence-electron chi connectivity index (χ3n) is 3.56. The number of furan rings is 1. The van der Waals surface area contributed by atoms with Gasteiger partial charge in [-0.05, 0) is 78.6 Å². The van der Waals surface area contributed by atoms with Crippen molar-refractivity contribution in [2.45, 2.75) is 10.4 Å². The van der Waals surface area contributed by atoms with Crippen LogP contribution in [0, 0.1) is 0 Å². The van der Waals surface area contributed by atoms with Crippen molar-refractivity contribution in [3.63, 3.8) is 0 Å². The number of anilines is 3. The first-order valence-corrected chi connectivity index (χ1v) is 9.88. The Morgan fingerprint density at radius 3 is 2.13 bits per heavy atom. The van der Waals surface area contributed by atoms with Crippen molar-refractivity contribution >= 4 is 63.7 Å². The Hall–Kier alpha value is -2.69. The number of rotatable bonds is 5. The maximum absolute atomic E-state index is 12.5. The van der Waals surface area contributed by atoms with E-state index in [9.17, 15) is 18.0 Å². The van der Waals surface area contributed by atoms with Gasteiger partial charge in [0.2, 0.25) is 0 Å². The van der Waals surface area contributed by atoms with Crippen molar-refractivity contribution in [1.82, 2.24) is 0 Å². The maximum atomic E-state index is 12.5. The normalized spacial score (nSPS) is 11.1. The van der Waals surface area contributed by atoms with Crippen molar-refractivity contribution in [3.05, 3.63) is 71.6 Å². The molecule has 0 spiro atoms. The summed E-state index contributed by atoms with van der Waals surface area (Å²) in [6.07, 6.45) is 1.41. The van der Waals surface area contributed by atoms with Gasteiger partial charge in [-0.1, -0.05) is 11.6 Å². The van der Waals surface area contributed by atoms with Crippen LogP contribution in [0.25, 0.3) is 0 Å². The van der Waals surface area contributed by atoms with Gasteiger partial charge in [0.15, 0.2) is 10.9 Å². The number of amides is 1. The smallest absolute Gasteiger partial charge is 0.446 e. The SMILES string of the molecule is O=C(Nc1ccc(NC(=S)Nc2ccc(SC(F)(F)F)c(Cl)c2)cc1)c1ccco1. The molecule has 5 nitrogen and oxygen atoms in total. The average molecular weight is 472 g/mol. The minimum atomic E-state index is -4.42. The first kappa shape index (κ1) is 22.0. The second kappa shape index (κ2) is 9.41. The van der Waals surface area contributed by atoms with Crippen LogP contribution in [-0.4, -0.2) is 16.5 Å². The van der Waals surface area contributed by atoms with Crippen molar-refractivity contribution in [2.75, 3.05) is 16.0 Å². The van der Waals surface area contributed by atoms with Crippen LogP contribution in [0.3, 0.4) is 0 Å². The van der Waals surface area contributed by atoms with E-state index in [0.29, 0.717) is 17.1 Å². The van der Waals surface area contributed by atoms with Crippen LogP contribution in [-0.2, 0) is 0 Å². The monoisotopic (exact) mass is 471 g/mol. The highest BCUT2D eigenvalue weighted by Gasteiger charge is 2.30. The highest BCUT2D eigenvalue weighted by Crippen LogP contribution is 2.40. The van der Waals surface area contributed by atoms with Crippen LogP contribution < -0.4 is 16.0 Å². The van der Waals surface area contributed by atoms with E-state index in [1.54, 1.807) is 36.4 Å². The lowest BCUT2D eigenvalue weighted by Crippen LogP contribution is -2.19.